The molecule has 0 saturated heterocycles. The molecule has 0 saturated carbocycles. The largest absolute Gasteiger partial charge is 0.377 e. The molecule has 1 aromatic carbocycles. The fraction of sp³-hybridized carbons (Fsp3) is 0.571. The van der Waals surface area contributed by atoms with Crippen LogP contribution in [0, 0.1) is 5.92 Å². The SMILES string of the molecule is CC(C)C(N)CCCOCc1ccccc1. The summed E-state index contributed by atoms with van der Waals surface area (Å²) in [5, 5.41) is 0. The summed E-state index contributed by atoms with van der Waals surface area (Å²) in [4.78, 5) is 0. The van der Waals surface area contributed by atoms with Crippen LogP contribution in [-0.4, -0.2) is 12.6 Å². The molecular formula is C14H23NO. The summed E-state index contributed by atoms with van der Waals surface area (Å²) in [6.45, 7) is 5.83. The van der Waals surface area contributed by atoms with Crippen molar-refractivity contribution in [2.75, 3.05) is 6.61 Å². The van der Waals surface area contributed by atoms with E-state index in [1.807, 2.05) is 18.2 Å². The van der Waals surface area contributed by atoms with Crippen LogP contribution in [0.15, 0.2) is 30.3 Å². The van der Waals surface area contributed by atoms with Crippen molar-refractivity contribution < 1.29 is 4.74 Å². The Morgan fingerprint density at radius 3 is 2.50 bits per heavy atom. The lowest BCUT2D eigenvalue weighted by molar-refractivity contribution is 0.115. The van der Waals surface area contributed by atoms with E-state index in [1.165, 1.54) is 5.56 Å². The first-order valence-electron chi connectivity index (χ1n) is 6.07. The zero-order valence-corrected chi connectivity index (χ0v) is 10.4. The van der Waals surface area contributed by atoms with Gasteiger partial charge in [-0.1, -0.05) is 44.2 Å². The summed E-state index contributed by atoms with van der Waals surface area (Å²) in [5.41, 5.74) is 7.19. The molecule has 1 unspecified atom stereocenters. The highest BCUT2D eigenvalue weighted by atomic mass is 16.5. The second-order valence-corrected chi connectivity index (χ2v) is 4.59. The number of hydrogen-bond donors (Lipinski definition) is 1. The highest BCUT2D eigenvalue weighted by Crippen LogP contribution is 2.06. The fourth-order valence-electron chi connectivity index (χ4n) is 1.52. The third kappa shape index (κ3) is 5.29. The van der Waals surface area contributed by atoms with Gasteiger partial charge < -0.3 is 10.5 Å². The van der Waals surface area contributed by atoms with Gasteiger partial charge in [0.15, 0.2) is 0 Å². The number of nitrogens with two attached hydrogens (primary N) is 1. The molecule has 0 aliphatic heterocycles. The molecule has 0 amide bonds. The Morgan fingerprint density at radius 1 is 1.19 bits per heavy atom. The van der Waals surface area contributed by atoms with Gasteiger partial charge in [-0.2, -0.15) is 0 Å². The van der Waals surface area contributed by atoms with Crippen LogP contribution in [0.1, 0.15) is 32.3 Å². The Morgan fingerprint density at radius 2 is 1.88 bits per heavy atom. The van der Waals surface area contributed by atoms with Crippen molar-refractivity contribution in [2.24, 2.45) is 11.7 Å². The second-order valence-electron chi connectivity index (χ2n) is 4.59. The molecule has 1 atom stereocenters. The molecule has 90 valence electrons. The van der Waals surface area contributed by atoms with E-state index in [1.54, 1.807) is 0 Å². The summed E-state index contributed by atoms with van der Waals surface area (Å²) < 4.78 is 5.59. The maximum Gasteiger partial charge on any atom is 0.0716 e. The minimum Gasteiger partial charge on any atom is -0.377 e. The lowest BCUT2D eigenvalue weighted by atomic mass is 10.0. The molecule has 2 N–H and O–H groups in total. The number of benzene rings is 1. The molecule has 0 aliphatic rings. The lowest BCUT2D eigenvalue weighted by Gasteiger charge is -2.14. The van der Waals surface area contributed by atoms with Gasteiger partial charge in [0.1, 0.15) is 0 Å². The van der Waals surface area contributed by atoms with Crippen molar-refractivity contribution in [3.05, 3.63) is 35.9 Å². The maximum atomic E-state index is 5.95. The van der Waals surface area contributed by atoms with E-state index in [0.29, 0.717) is 18.6 Å². The van der Waals surface area contributed by atoms with Gasteiger partial charge in [-0.15, -0.1) is 0 Å². The Kier molecular flexibility index (Phi) is 6.12. The van der Waals surface area contributed by atoms with E-state index in [4.69, 9.17) is 10.5 Å². The van der Waals surface area contributed by atoms with E-state index in [0.717, 1.165) is 19.4 Å². The zero-order valence-electron chi connectivity index (χ0n) is 10.4. The Balaban J connectivity index is 2.04. The third-order valence-corrected chi connectivity index (χ3v) is 2.79. The fourth-order valence-corrected chi connectivity index (χ4v) is 1.52. The van der Waals surface area contributed by atoms with Gasteiger partial charge in [0.2, 0.25) is 0 Å². The molecule has 16 heavy (non-hydrogen) atoms. The monoisotopic (exact) mass is 221 g/mol. The normalized spacial score (nSPS) is 13.0. The number of ether oxygens (including phenoxy) is 1. The first-order valence-corrected chi connectivity index (χ1v) is 6.07. The molecule has 0 spiro atoms. The lowest BCUT2D eigenvalue weighted by Crippen LogP contribution is -2.26. The van der Waals surface area contributed by atoms with E-state index in [-0.39, 0.29) is 0 Å². The quantitative estimate of drug-likeness (QED) is 0.718. The highest BCUT2D eigenvalue weighted by Gasteiger charge is 2.06. The highest BCUT2D eigenvalue weighted by molar-refractivity contribution is 5.13. The van der Waals surface area contributed by atoms with Crippen molar-refractivity contribution in [3.8, 4) is 0 Å². The summed E-state index contributed by atoms with van der Waals surface area (Å²) in [7, 11) is 0. The minimum atomic E-state index is 0.306. The third-order valence-electron chi connectivity index (χ3n) is 2.79. The molecule has 2 nitrogen and oxygen atoms in total. The van der Waals surface area contributed by atoms with Crippen LogP contribution < -0.4 is 5.73 Å². The summed E-state index contributed by atoms with van der Waals surface area (Å²) >= 11 is 0. The second kappa shape index (κ2) is 7.42. The average Bonchev–Trinajstić information content (AvgIpc) is 2.29. The predicted molar refractivity (Wildman–Crippen MR) is 68.1 cm³/mol. The minimum absolute atomic E-state index is 0.306. The van der Waals surface area contributed by atoms with E-state index in [2.05, 4.69) is 26.0 Å². The van der Waals surface area contributed by atoms with E-state index < -0.39 is 0 Å². The van der Waals surface area contributed by atoms with Crippen LogP contribution in [0.25, 0.3) is 0 Å². The summed E-state index contributed by atoms with van der Waals surface area (Å²) in [6, 6.07) is 10.6. The number of hydrogen-bond acceptors (Lipinski definition) is 2. The molecule has 1 rings (SSSR count). The standard InChI is InChI=1S/C14H23NO/c1-12(2)14(15)9-6-10-16-11-13-7-4-3-5-8-13/h3-5,7-8,12,14H,6,9-11,15H2,1-2H3. The molecule has 0 bridgehead atoms. The molecule has 0 fully saturated rings. The Hall–Kier alpha value is -0.860. The summed E-state index contributed by atoms with van der Waals surface area (Å²) in [6.07, 6.45) is 2.10. The average molecular weight is 221 g/mol. The predicted octanol–water partition coefficient (Wildman–Crippen LogP) is 2.97. The van der Waals surface area contributed by atoms with Gasteiger partial charge in [0.25, 0.3) is 0 Å². The molecular weight excluding hydrogens is 198 g/mol. The maximum absolute atomic E-state index is 5.95. The van der Waals surface area contributed by atoms with Crippen LogP contribution in [0.3, 0.4) is 0 Å². The van der Waals surface area contributed by atoms with E-state index >= 15 is 0 Å². The smallest absolute Gasteiger partial charge is 0.0716 e. The van der Waals surface area contributed by atoms with Crippen LogP contribution in [-0.2, 0) is 11.3 Å². The first kappa shape index (κ1) is 13.2. The van der Waals surface area contributed by atoms with Gasteiger partial charge in [-0.05, 0) is 24.3 Å². The van der Waals surface area contributed by atoms with Crippen LogP contribution in [0.5, 0.6) is 0 Å². The van der Waals surface area contributed by atoms with E-state index in [9.17, 15) is 0 Å². The Bertz CT molecular complexity index is 271. The molecule has 0 radical (unpaired) electrons. The first-order chi connectivity index (χ1) is 7.70. The van der Waals surface area contributed by atoms with Gasteiger partial charge in [0.05, 0.1) is 6.61 Å². The van der Waals surface area contributed by atoms with Crippen molar-refractivity contribution in [1.82, 2.24) is 0 Å². The van der Waals surface area contributed by atoms with Crippen molar-refractivity contribution in [3.63, 3.8) is 0 Å². The van der Waals surface area contributed by atoms with Crippen molar-refractivity contribution in [1.29, 1.82) is 0 Å². The molecule has 0 aliphatic carbocycles. The Labute approximate surface area is 98.8 Å². The molecule has 2 heteroatoms. The van der Waals surface area contributed by atoms with Crippen LogP contribution in [0.4, 0.5) is 0 Å². The summed E-state index contributed by atoms with van der Waals surface area (Å²) in [5.74, 6) is 0.564. The van der Waals surface area contributed by atoms with Crippen LogP contribution in [0.2, 0.25) is 0 Å². The van der Waals surface area contributed by atoms with Gasteiger partial charge in [-0.3, -0.25) is 0 Å². The number of rotatable bonds is 7. The molecule has 0 aromatic heterocycles. The van der Waals surface area contributed by atoms with Crippen molar-refractivity contribution >= 4 is 0 Å². The topological polar surface area (TPSA) is 35.2 Å². The zero-order chi connectivity index (χ0) is 11.8. The molecule has 1 aromatic rings. The van der Waals surface area contributed by atoms with Crippen LogP contribution >= 0.6 is 0 Å². The van der Waals surface area contributed by atoms with Crippen molar-refractivity contribution in [2.45, 2.75) is 39.3 Å². The van der Waals surface area contributed by atoms with Gasteiger partial charge in [0, 0.05) is 12.6 Å². The van der Waals surface area contributed by atoms with Gasteiger partial charge >= 0.3 is 0 Å². The van der Waals surface area contributed by atoms with Gasteiger partial charge in [-0.25, -0.2) is 0 Å². The molecule has 0 heterocycles.